The number of phenols is 1. The molecule has 12 nitrogen and oxygen atoms in total. The third-order valence-electron chi connectivity index (χ3n) is 7.99. The van der Waals surface area contributed by atoms with Crippen LogP contribution in [0.5, 0.6) is 5.75 Å². The molecule has 278 valence electrons. The van der Waals surface area contributed by atoms with E-state index in [4.69, 9.17) is 0 Å². The zero-order chi connectivity index (χ0) is 37.7. The van der Waals surface area contributed by atoms with Gasteiger partial charge in [0.05, 0.1) is 18.6 Å². The van der Waals surface area contributed by atoms with Crippen LogP contribution in [-0.2, 0) is 19.2 Å². The van der Waals surface area contributed by atoms with Gasteiger partial charge >= 0.3 is 0 Å². The Morgan fingerprint density at radius 1 is 0.735 bits per heavy atom. The van der Waals surface area contributed by atoms with Gasteiger partial charge in [0.15, 0.2) is 17.4 Å². The molecule has 1 rings (SSSR count). The highest BCUT2D eigenvalue weighted by molar-refractivity contribution is 5.99. The predicted octanol–water partition coefficient (Wildman–Crippen LogP) is 2.94. The maximum absolute atomic E-state index is 14.4. The Bertz CT molecular complexity index is 1300. The summed E-state index contributed by atoms with van der Waals surface area (Å²) in [4.78, 5) is 65.0. The number of phenolic OH excluding ortho intramolecular Hbond substituents is 1. The molecule has 0 heterocycles. The van der Waals surface area contributed by atoms with Crippen molar-refractivity contribution in [2.24, 2.45) is 17.8 Å². The maximum Gasteiger partial charge on any atom is 0.258 e. The molecule has 0 aromatic heterocycles. The van der Waals surface area contributed by atoms with E-state index < -0.39 is 101 Å². The molecule has 0 saturated heterocycles. The quantitative estimate of drug-likeness (QED) is 0.0852. The molecule has 6 atom stereocenters. The minimum Gasteiger partial charge on any atom is -0.503 e. The van der Waals surface area contributed by atoms with E-state index in [0.717, 1.165) is 0 Å². The minimum absolute atomic E-state index is 0.0543. The van der Waals surface area contributed by atoms with Gasteiger partial charge in [-0.15, -0.1) is 0 Å². The second kappa shape index (κ2) is 19.9. The van der Waals surface area contributed by atoms with E-state index in [2.05, 4.69) is 26.6 Å². The van der Waals surface area contributed by atoms with E-state index >= 15 is 0 Å². The largest absolute Gasteiger partial charge is 0.503 e. The zero-order valence-corrected chi connectivity index (χ0v) is 29.3. The molecule has 49 heavy (non-hydrogen) atoms. The topological polar surface area (TPSA) is 186 Å². The summed E-state index contributed by atoms with van der Waals surface area (Å²) in [6.45, 7) is 14.1. The van der Waals surface area contributed by atoms with Crippen molar-refractivity contribution in [2.75, 3.05) is 6.54 Å². The van der Waals surface area contributed by atoms with Crippen molar-refractivity contribution in [3.63, 3.8) is 0 Å². The second-order valence-electron chi connectivity index (χ2n) is 12.9. The lowest BCUT2D eigenvalue weighted by Crippen LogP contribution is -2.58. The van der Waals surface area contributed by atoms with Crippen LogP contribution in [-0.4, -0.2) is 76.6 Å². The molecule has 0 radical (unpaired) electrons. The smallest absolute Gasteiger partial charge is 0.258 e. The molecule has 5 amide bonds. The summed E-state index contributed by atoms with van der Waals surface area (Å²) in [5, 5.41) is 32.8. The number of rotatable bonds is 19. The van der Waals surface area contributed by atoms with Crippen LogP contribution in [0.4, 0.5) is 17.6 Å². The van der Waals surface area contributed by atoms with Gasteiger partial charge in [-0.05, 0) is 37.5 Å². The highest BCUT2D eigenvalue weighted by atomic mass is 19.2. The summed E-state index contributed by atoms with van der Waals surface area (Å²) in [6, 6.07) is -4.55. The van der Waals surface area contributed by atoms with E-state index in [1.807, 2.05) is 13.8 Å². The Morgan fingerprint density at radius 3 is 1.78 bits per heavy atom. The number of hydrogen-bond donors (Lipinski definition) is 7. The van der Waals surface area contributed by atoms with Crippen LogP contribution in [0.2, 0.25) is 0 Å². The molecule has 0 aliphatic heterocycles. The van der Waals surface area contributed by atoms with Crippen molar-refractivity contribution in [2.45, 2.75) is 118 Å². The first-order valence-electron chi connectivity index (χ1n) is 16.5. The number of aromatic hydroxyl groups is 1. The Labute approximate surface area is 284 Å². The summed E-state index contributed by atoms with van der Waals surface area (Å²) in [7, 11) is 0. The number of nitrogens with one attached hydrogen (secondary N) is 5. The maximum atomic E-state index is 14.4. The summed E-state index contributed by atoms with van der Waals surface area (Å²) in [6.07, 6.45) is -0.872. The highest BCUT2D eigenvalue weighted by Crippen LogP contribution is 2.29. The number of hydrogen-bond acceptors (Lipinski definition) is 7. The number of benzene rings is 1. The van der Waals surface area contributed by atoms with Crippen molar-refractivity contribution in [1.29, 1.82) is 0 Å². The van der Waals surface area contributed by atoms with E-state index in [1.165, 1.54) is 6.92 Å². The van der Waals surface area contributed by atoms with Crippen LogP contribution >= 0.6 is 0 Å². The summed E-state index contributed by atoms with van der Waals surface area (Å²) in [5.41, 5.74) is -1.68. The number of halogens is 4. The van der Waals surface area contributed by atoms with Crippen molar-refractivity contribution in [3.8, 4) is 5.75 Å². The normalized spacial score (nSPS) is 15.1. The molecule has 0 saturated carbocycles. The molecular formula is C33H51F4N5O7. The van der Waals surface area contributed by atoms with E-state index in [9.17, 15) is 51.7 Å². The summed E-state index contributed by atoms with van der Waals surface area (Å²) >= 11 is 0. The SMILES string of the molecule is CCC[C@H](NC(=O)[C@@H](NC(=O)c1c(F)c(F)c(O)c(F)c1F)[C@@H](C)CC)C(=O)N[C@@H](CC(C)C)[C@@H](O)CC(=O)N[C@H](C(=O)NCC)C(C)C. The van der Waals surface area contributed by atoms with Crippen LogP contribution in [0.15, 0.2) is 0 Å². The summed E-state index contributed by atoms with van der Waals surface area (Å²) < 4.78 is 56.7. The Morgan fingerprint density at radius 2 is 1.31 bits per heavy atom. The lowest BCUT2D eigenvalue weighted by molar-refractivity contribution is -0.133. The van der Waals surface area contributed by atoms with Gasteiger partial charge in [-0.1, -0.05) is 61.3 Å². The molecule has 0 bridgehead atoms. The van der Waals surface area contributed by atoms with E-state index in [0.29, 0.717) is 13.0 Å². The molecule has 1 aromatic rings. The van der Waals surface area contributed by atoms with Gasteiger partial charge in [0.1, 0.15) is 23.7 Å². The third-order valence-corrected chi connectivity index (χ3v) is 7.99. The van der Waals surface area contributed by atoms with Crippen LogP contribution in [0.3, 0.4) is 0 Å². The molecule has 0 fully saturated rings. The standard InChI is InChI=1S/C33H51F4N5O7/c1-9-12-18(30(46)40-19(13-15(4)5)20(43)14-21(44)41-27(16(6)7)32(48)38-11-3)39-33(49)28(17(8)10-2)42-31(47)22-23(34)25(36)29(45)26(37)24(22)35/h15-20,27-28,43,45H,9-14H2,1-8H3,(H,38,48)(H,39,49)(H,40,46)(H,41,44)(H,42,47)/t17-,18-,19-,20-,27-,28-/m0/s1. The van der Waals surface area contributed by atoms with Crippen molar-refractivity contribution < 1.29 is 51.7 Å². The number of aliphatic hydroxyl groups excluding tert-OH is 1. The van der Waals surface area contributed by atoms with Crippen molar-refractivity contribution in [1.82, 2.24) is 26.6 Å². The van der Waals surface area contributed by atoms with Gasteiger partial charge in [0, 0.05) is 6.54 Å². The average Bonchev–Trinajstić information content (AvgIpc) is 3.02. The first kappa shape index (κ1) is 43.1. The van der Waals surface area contributed by atoms with Gasteiger partial charge in [-0.25, -0.2) is 8.78 Å². The van der Waals surface area contributed by atoms with Gasteiger partial charge in [0.2, 0.25) is 35.3 Å². The van der Waals surface area contributed by atoms with Crippen LogP contribution < -0.4 is 26.6 Å². The number of aliphatic hydroxyl groups is 1. The first-order chi connectivity index (χ1) is 22.8. The van der Waals surface area contributed by atoms with E-state index in [1.54, 1.807) is 34.6 Å². The fraction of sp³-hybridized carbons (Fsp3) is 0.667. The summed E-state index contributed by atoms with van der Waals surface area (Å²) in [5.74, 6) is -16.0. The molecule has 16 heteroatoms. The lowest BCUT2D eigenvalue weighted by Gasteiger charge is -2.30. The Balaban J connectivity index is 3.21. The van der Waals surface area contributed by atoms with Gasteiger partial charge in [-0.2, -0.15) is 8.78 Å². The fourth-order valence-electron chi connectivity index (χ4n) is 5.04. The first-order valence-corrected chi connectivity index (χ1v) is 16.5. The van der Waals surface area contributed by atoms with Gasteiger partial charge < -0.3 is 36.8 Å². The number of carbonyl (C=O) groups is 5. The van der Waals surface area contributed by atoms with Gasteiger partial charge in [-0.3, -0.25) is 24.0 Å². The second-order valence-corrected chi connectivity index (χ2v) is 12.9. The van der Waals surface area contributed by atoms with Crippen LogP contribution in [0.25, 0.3) is 0 Å². The monoisotopic (exact) mass is 705 g/mol. The van der Waals surface area contributed by atoms with Crippen molar-refractivity contribution in [3.05, 3.63) is 28.8 Å². The number of carbonyl (C=O) groups excluding carboxylic acids is 5. The number of likely N-dealkylation sites (N-methyl/N-ethyl adjacent to an activating group) is 1. The molecule has 1 aromatic carbocycles. The molecule has 0 unspecified atom stereocenters. The third kappa shape index (κ3) is 12.2. The van der Waals surface area contributed by atoms with Crippen LogP contribution in [0, 0.1) is 41.0 Å². The van der Waals surface area contributed by atoms with Gasteiger partial charge in [0.25, 0.3) is 5.91 Å². The number of amides is 5. The van der Waals surface area contributed by atoms with E-state index in [-0.39, 0.29) is 37.0 Å². The average molecular weight is 706 g/mol. The lowest BCUT2D eigenvalue weighted by atomic mass is 9.95. The Kier molecular flexibility index (Phi) is 17.5. The zero-order valence-electron chi connectivity index (χ0n) is 29.3. The minimum atomic E-state index is -2.19. The van der Waals surface area contributed by atoms with Crippen molar-refractivity contribution >= 4 is 29.5 Å². The molecule has 0 aliphatic carbocycles. The molecule has 0 aliphatic rings. The Hall–Kier alpha value is -3.95. The molecule has 7 N–H and O–H groups in total. The predicted molar refractivity (Wildman–Crippen MR) is 173 cm³/mol. The fourth-order valence-corrected chi connectivity index (χ4v) is 5.04. The van der Waals surface area contributed by atoms with Crippen LogP contribution in [0.1, 0.15) is 97.9 Å². The molecule has 0 spiro atoms. The molecular weight excluding hydrogens is 654 g/mol. The highest BCUT2D eigenvalue weighted by Gasteiger charge is 2.35.